The van der Waals surface area contributed by atoms with Crippen molar-refractivity contribution < 1.29 is 18.8 Å². The number of likely N-dealkylation sites (tertiary alicyclic amines) is 1. The number of anilines is 1. The molecule has 0 unspecified atom stereocenters. The molecule has 2 aliphatic heterocycles. The van der Waals surface area contributed by atoms with Gasteiger partial charge in [0.15, 0.2) is 0 Å². The van der Waals surface area contributed by atoms with E-state index in [9.17, 15) is 4.79 Å². The molecule has 7 heteroatoms. The zero-order chi connectivity index (χ0) is 17.2. The van der Waals surface area contributed by atoms with Crippen molar-refractivity contribution >= 4 is 11.8 Å². The van der Waals surface area contributed by atoms with E-state index < -0.39 is 0 Å². The number of nitrogens with zero attached hydrogens (tertiary/aromatic N) is 2. The SMILES string of the molecule is COCC(C)(C)c1cc(NC(=O)[C@@H]2CCN2C2CCOCC2)on1. The summed E-state index contributed by atoms with van der Waals surface area (Å²) in [7, 11) is 1.66. The average molecular weight is 337 g/mol. The molecular weight excluding hydrogens is 310 g/mol. The van der Waals surface area contributed by atoms with Gasteiger partial charge in [-0.05, 0) is 19.3 Å². The number of carbonyl (C=O) groups excluding carboxylic acids is 1. The van der Waals surface area contributed by atoms with Crippen molar-refractivity contribution in [3.8, 4) is 0 Å². The van der Waals surface area contributed by atoms with Crippen LogP contribution in [-0.4, -0.2) is 61.5 Å². The van der Waals surface area contributed by atoms with E-state index in [4.69, 9.17) is 14.0 Å². The first-order valence-corrected chi connectivity index (χ1v) is 8.62. The van der Waals surface area contributed by atoms with Gasteiger partial charge in [0.05, 0.1) is 18.3 Å². The molecule has 24 heavy (non-hydrogen) atoms. The van der Waals surface area contributed by atoms with E-state index in [0.717, 1.165) is 44.7 Å². The van der Waals surface area contributed by atoms with E-state index in [1.165, 1.54) is 0 Å². The predicted molar refractivity (Wildman–Crippen MR) is 89.0 cm³/mol. The van der Waals surface area contributed by atoms with Gasteiger partial charge in [-0.25, -0.2) is 0 Å². The summed E-state index contributed by atoms with van der Waals surface area (Å²) in [5, 5.41) is 6.94. The summed E-state index contributed by atoms with van der Waals surface area (Å²) >= 11 is 0. The summed E-state index contributed by atoms with van der Waals surface area (Å²) in [4.78, 5) is 14.8. The molecule has 1 amide bonds. The van der Waals surface area contributed by atoms with Crippen LogP contribution in [0.2, 0.25) is 0 Å². The van der Waals surface area contributed by atoms with E-state index in [1.807, 2.05) is 13.8 Å². The Kier molecular flexibility index (Phi) is 5.22. The lowest BCUT2D eigenvalue weighted by Crippen LogP contribution is -2.59. The van der Waals surface area contributed by atoms with Gasteiger partial charge in [0, 0.05) is 44.4 Å². The third-order valence-electron chi connectivity index (χ3n) is 4.98. The van der Waals surface area contributed by atoms with Crippen LogP contribution in [0.1, 0.15) is 38.8 Å². The van der Waals surface area contributed by atoms with Gasteiger partial charge >= 0.3 is 0 Å². The van der Waals surface area contributed by atoms with Crippen molar-refractivity contribution in [1.82, 2.24) is 10.1 Å². The minimum absolute atomic E-state index is 0.0139. The zero-order valence-electron chi connectivity index (χ0n) is 14.7. The fraction of sp³-hybridized carbons (Fsp3) is 0.765. The van der Waals surface area contributed by atoms with E-state index in [2.05, 4.69) is 15.4 Å². The molecule has 1 aromatic rings. The molecule has 3 heterocycles. The molecule has 1 aromatic heterocycles. The number of rotatable bonds is 6. The normalized spacial score (nSPS) is 23.0. The summed E-state index contributed by atoms with van der Waals surface area (Å²) in [6.45, 7) is 7.14. The Balaban J connectivity index is 1.58. The van der Waals surface area contributed by atoms with Gasteiger partial charge in [0.25, 0.3) is 0 Å². The zero-order valence-corrected chi connectivity index (χ0v) is 14.7. The van der Waals surface area contributed by atoms with E-state index in [-0.39, 0.29) is 17.4 Å². The maximum absolute atomic E-state index is 12.5. The lowest BCUT2D eigenvalue weighted by atomic mass is 9.90. The summed E-state index contributed by atoms with van der Waals surface area (Å²) in [5.74, 6) is 0.387. The Morgan fingerprint density at radius 1 is 1.42 bits per heavy atom. The molecule has 0 aliphatic carbocycles. The molecule has 2 aliphatic rings. The van der Waals surface area contributed by atoms with Gasteiger partial charge in [-0.2, -0.15) is 0 Å². The summed E-state index contributed by atoms with van der Waals surface area (Å²) in [5.41, 5.74) is 0.515. The Labute approximate surface area is 142 Å². The maximum atomic E-state index is 12.5. The van der Waals surface area contributed by atoms with Crippen LogP contribution in [0.5, 0.6) is 0 Å². The molecule has 3 rings (SSSR count). The second-order valence-electron chi connectivity index (χ2n) is 7.27. The third-order valence-corrected chi connectivity index (χ3v) is 4.98. The number of hydrogen-bond acceptors (Lipinski definition) is 6. The van der Waals surface area contributed by atoms with E-state index >= 15 is 0 Å². The molecule has 0 spiro atoms. The molecule has 1 N–H and O–H groups in total. The highest BCUT2D eigenvalue weighted by molar-refractivity contribution is 5.94. The molecule has 7 nitrogen and oxygen atoms in total. The number of carbonyl (C=O) groups is 1. The Morgan fingerprint density at radius 2 is 2.17 bits per heavy atom. The van der Waals surface area contributed by atoms with Gasteiger partial charge in [-0.3, -0.25) is 15.0 Å². The lowest BCUT2D eigenvalue weighted by Gasteiger charge is -2.46. The van der Waals surface area contributed by atoms with Crippen LogP contribution in [0.25, 0.3) is 0 Å². The van der Waals surface area contributed by atoms with Crippen molar-refractivity contribution in [2.24, 2.45) is 0 Å². The van der Waals surface area contributed by atoms with Crippen molar-refractivity contribution in [3.63, 3.8) is 0 Å². The first-order valence-electron chi connectivity index (χ1n) is 8.62. The van der Waals surface area contributed by atoms with Crippen LogP contribution in [0.3, 0.4) is 0 Å². The fourth-order valence-electron chi connectivity index (χ4n) is 3.44. The average Bonchev–Trinajstić information content (AvgIpc) is 2.96. The topological polar surface area (TPSA) is 76.8 Å². The van der Waals surface area contributed by atoms with E-state index in [0.29, 0.717) is 18.5 Å². The summed E-state index contributed by atoms with van der Waals surface area (Å²) in [6, 6.07) is 2.16. The quantitative estimate of drug-likeness (QED) is 0.853. The number of methoxy groups -OCH3 is 1. The lowest BCUT2D eigenvalue weighted by molar-refractivity contribution is -0.129. The number of ether oxygens (including phenoxy) is 2. The molecule has 0 radical (unpaired) electrons. The van der Waals surface area contributed by atoms with Crippen LogP contribution in [0.4, 0.5) is 5.88 Å². The largest absolute Gasteiger partial charge is 0.384 e. The highest BCUT2D eigenvalue weighted by atomic mass is 16.5. The van der Waals surface area contributed by atoms with Gasteiger partial charge in [0.1, 0.15) is 0 Å². The predicted octanol–water partition coefficient (Wildman–Crippen LogP) is 1.79. The fourth-order valence-corrected chi connectivity index (χ4v) is 3.44. The molecular formula is C17H27N3O4. The summed E-state index contributed by atoms with van der Waals surface area (Å²) in [6.07, 6.45) is 2.89. The molecule has 1 atom stereocenters. The first-order chi connectivity index (χ1) is 11.5. The molecule has 0 aromatic carbocycles. The van der Waals surface area contributed by atoms with Crippen molar-refractivity contribution in [1.29, 1.82) is 0 Å². The molecule has 134 valence electrons. The van der Waals surface area contributed by atoms with Crippen LogP contribution in [0.15, 0.2) is 10.6 Å². The van der Waals surface area contributed by atoms with Crippen LogP contribution < -0.4 is 5.32 Å². The van der Waals surface area contributed by atoms with Gasteiger partial charge in [0.2, 0.25) is 11.8 Å². The second-order valence-corrected chi connectivity index (χ2v) is 7.27. The highest BCUT2D eigenvalue weighted by Crippen LogP contribution is 2.28. The maximum Gasteiger partial charge on any atom is 0.244 e. The number of nitrogens with one attached hydrogen (secondary N) is 1. The Bertz CT molecular complexity index is 566. The van der Waals surface area contributed by atoms with Crippen LogP contribution in [-0.2, 0) is 19.7 Å². The van der Waals surface area contributed by atoms with Gasteiger partial charge in [-0.1, -0.05) is 19.0 Å². The third kappa shape index (κ3) is 3.63. The summed E-state index contributed by atoms with van der Waals surface area (Å²) < 4.78 is 15.9. The van der Waals surface area contributed by atoms with Crippen LogP contribution >= 0.6 is 0 Å². The van der Waals surface area contributed by atoms with Crippen LogP contribution in [0, 0.1) is 0 Å². The standard InChI is InChI=1S/C17H27N3O4/c1-17(2,11-22-3)14-10-15(24-19-14)18-16(21)13-4-7-20(13)12-5-8-23-9-6-12/h10,12-13H,4-9,11H2,1-3H3,(H,18,21)/t13-/m0/s1. The van der Waals surface area contributed by atoms with Gasteiger partial charge in [-0.15, -0.1) is 0 Å². The Morgan fingerprint density at radius 3 is 2.79 bits per heavy atom. The van der Waals surface area contributed by atoms with Crippen molar-refractivity contribution in [2.75, 3.05) is 38.8 Å². The molecule has 0 bridgehead atoms. The van der Waals surface area contributed by atoms with Gasteiger partial charge < -0.3 is 14.0 Å². The smallest absolute Gasteiger partial charge is 0.244 e. The highest BCUT2D eigenvalue weighted by Gasteiger charge is 2.39. The minimum atomic E-state index is -0.258. The Hall–Kier alpha value is -1.44. The molecule has 2 saturated heterocycles. The molecule has 2 fully saturated rings. The van der Waals surface area contributed by atoms with Crippen molar-refractivity contribution in [2.45, 2.75) is 50.6 Å². The number of amides is 1. The van der Waals surface area contributed by atoms with E-state index in [1.54, 1.807) is 13.2 Å². The first kappa shape index (κ1) is 17.4. The number of aromatic nitrogens is 1. The minimum Gasteiger partial charge on any atom is -0.384 e. The van der Waals surface area contributed by atoms with Crippen molar-refractivity contribution in [3.05, 3.63) is 11.8 Å². The second kappa shape index (κ2) is 7.21. The molecule has 0 saturated carbocycles. The monoisotopic (exact) mass is 337 g/mol. The number of hydrogen-bond donors (Lipinski definition) is 1.